The van der Waals surface area contributed by atoms with Gasteiger partial charge in [-0.1, -0.05) is 0 Å². The SMILES string of the molecule is C[C@H](Nc1nc(N)nc([C@@H](C)C(F)(F)F)n1)C(F)(F)F. The first-order valence-corrected chi connectivity index (χ1v) is 5.32. The summed E-state index contributed by atoms with van der Waals surface area (Å²) in [6.45, 7) is 1.54. The molecule has 1 aromatic rings. The van der Waals surface area contributed by atoms with E-state index in [-0.39, 0.29) is 0 Å². The van der Waals surface area contributed by atoms with E-state index in [1.54, 1.807) is 0 Å². The second kappa shape index (κ2) is 5.29. The van der Waals surface area contributed by atoms with Crippen molar-refractivity contribution in [3.63, 3.8) is 0 Å². The summed E-state index contributed by atoms with van der Waals surface area (Å²) in [7, 11) is 0. The van der Waals surface area contributed by atoms with Gasteiger partial charge in [0.1, 0.15) is 17.8 Å². The summed E-state index contributed by atoms with van der Waals surface area (Å²) < 4.78 is 74.5. The molecule has 0 saturated heterocycles. The van der Waals surface area contributed by atoms with Gasteiger partial charge in [0.2, 0.25) is 11.9 Å². The maximum Gasteiger partial charge on any atom is 0.408 e. The van der Waals surface area contributed by atoms with Crippen molar-refractivity contribution in [2.24, 2.45) is 0 Å². The van der Waals surface area contributed by atoms with Crippen molar-refractivity contribution < 1.29 is 26.3 Å². The van der Waals surface area contributed by atoms with Crippen molar-refractivity contribution in [1.82, 2.24) is 15.0 Å². The molecule has 0 aliphatic rings. The molecule has 1 rings (SSSR count). The van der Waals surface area contributed by atoms with Gasteiger partial charge in [-0.25, -0.2) is 0 Å². The zero-order chi connectivity index (χ0) is 15.7. The minimum absolute atomic E-state index is 0.594. The van der Waals surface area contributed by atoms with Gasteiger partial charge in [-0.15, -0.1) is 0 Å². The summed E-state index contributed by atoms with van der Waals surface area (Å²) >= 11 is 0. The summed E-state index contributed by atoms with van der Waals surface area (Å²) in [6.07, 6.45) is -9.24. The quantitative estimate of drug-likeness (QED) is 0.839. The molecule has 1 aromatic heterocycles. The van der Waals surface area contributed by atoms with Crippen molar-refractivity contribution in [2.75, 3.05) is 11.1 Å². The fraction of sp³-hybridized carbons (Fsp3) is 0.667. The zero-order valence-corrected chi connectivity index (χ0v) is 10.3. The van der Waals surface area contributed by atoms with Crippen LogP contribution in [-0.4, -0.2) is 33.3 Å². The lowest BCUT2D eigenvalue weighted by molar-refractivity contribution is -0.148. The van der Waals surface area contributed by atoms with E-state index in [9.17, 15) is 26.3 Å². The second-order valence-electron chi connectivity index (χ2n) is 4.05. The van der Waals surface area contributed by atoms with Crippen LogP contribution in [0.1, 0.15) is 25.6 Å². The molecule has 0 radical (unpaired) electrons. The highest BCUT2D eigenvalue weighted by atomic mass is 19.4. The molecule has 5 nitrogen and oxygen atoms in total. The molecule has 0 spiro atoms. The highest BCUT2D eigenvalue weighted by molar-refractivity contribution is 5.33. The number of rotatable bonds is 3. The van der Waals surface area contributed by atoms with E-state index >= 15 is 0 Å². The Morgan fingerprint density at radius 1 is 0.950 bits per heavy atom. The molecule has 20 heavy (non-hydrogen) atoms. The van der Waals surface area contributed by atoms with E-state index in [4.69, 9.17) is 5.73 Å². The standard InChI is InChI=1S/C9H11F6N5/c1-3(8(10,11)12)5-18-6(16)20-7(19-5)17-4(2)9(13,14)15/h3-4H,1-2H3,(H3,16,17,18,19,20)/t3-,4+/m1/s1. The molecule has 114 valence electrons. The Labute approximate surface area is 109 Å². The molecule has 0 fully saturated rings. The normalized spacial score (nSPS) is 15.8. The van der Waals surface area contributed by atoms with Crippen LogP contribution in [0, 0.1) is 0 Å². The Kier molecular flexibility index (Phi) is 4.30. The Morgan fingerprint density at radius 3 is 1.95 bits per heavy atom. The fourth-order valence-corrected chi connectivity index (χ4v) is 1.09. The molecule has 0 bridgehead atoms. The van der Waals surface area contributed by atoms with Crippen LogP contribution in [-0.2, 0) is 0 Å². The fourth-order valence-electron chi connectivity index (χ4n) is 1.09. The number of alkyl halides is 6. The van der Waals surface area contributed by atoms with Crippen LogP contribution < -0.4 is 11.1 Å². The third-order valence-corrected chi connectivity index (χ3v) is 2.38. The van der Waals surface area contributed by atoms with Gasteiger partial charge >= 0.3 is 12.4 Å². The number of nitrogens with zero attached hydrogens (tertiary/aromatic N) is 3. The largest absolute Gasteiger partial charge is 0.408 e. The van der Waals surface area contributed by atoms with Crippen LogP contribution in [0.2, 0.25) is 0 Å². The molecule has 0 saturated carbocycles. The van der Waals surface area contributed by atoms with Gasteiger partial charge in [-0.3, -0.25) is 0 Å². The predicted molar refractivity (Wildman–Crippen MR) is 57.8 cm³/mol. The molecule has 1 heterocycles. The summed E-state index contributed by atoms with van der Waals surface area (Å²) in [5.41, 5.74) is 5.17. The van der Waals surface area contributed by atoms with Crippen LogP contribution in [0.4, 0.5) is 38.2 Å². The third-order valence-electron chi connectivity index (χ3n) is 2.38. The highest BCUT2D eigenvalue weighted by Gasteiger charge is 2.40. The van der Waals surface area contributed by atoms with Gasteiger partial charge in [-0.05, 0) is 13.8 Å². The highest BCUT2D eigenvalue weighted by Crippen LogP contribution is 2.33. The molecule has 0 aliphatic heterocycles. The van der Waals surface area contributed by atoms with Crippen LogP contribution in [0.3, 0.4) is 0 Å². The number of nitrogens with two attached hydrogens (primary N) is 1. The average molecular weight is 303 g/mol. The Morgan fingerprint density at radius 2 is 1.50 bits per heavy atom. The van der Waals surface area contributed by atoms with E-state index in [1.165, 1.54) is 0 Å². The minimum atomic E-state index is -4.64. The van der Waals surface area contributed by atoms with Gasteiger partial charge < -0.3 is 11.1 Å². The molecule has 11 heteroatoms. The van der Waals surface area contributed by atoms with Crippen LogP contribution in [0.15, 0.2) is 0 Å². The molecular weight excluding hydrogens is 292 g/mol. The van der Waals surface area contributed by atoms with E-state index in [1.807, 2.05) is 5.32 Å². The Bertz CT molecular complexity index is 471. The minimum Gasteiger partial charge on any atom is -0.368 e. The van der Waals surface area contributed by atoms with E-state index in [0.717, 1.165) is 13.8 Å². The van der Waals surface area contributed by atoms with Crippen molar-refractivity contribution in [3.05, 3.63) is 5.82 Å². The van der Waals surface area contributed by atoms with Crippen LogP contribution in [0.25, 0.3) is 0 Å². The maximum atomic E-state index is 12.5. The first kappa shape index (κ1) is 16.2. The van der Waals surface area contributed by atoms with Gasteiger partial charge in [0.05, 0.1) is 0 Å². The summed E-state index contributed by atoms with van der Waals surface area (Å²) in [5, 5.41) is 1.83. The Balaban J connectivity index is 3.04. The first-order chi connectivity index (χ1) is 8.91. The number of hydrogen-bond donors (Lipinski definition) is 2. The van der Waals surface area contributed by atoms with Gasteiger partial charge in [0.25, 0.3) is 0 Å². The van der Waals surface area contributed by atoms with E-state index < -0.39 is 42.0 Å². The second-order valence-corrected chi connectivity index (χ2v) is 4.05. The van der Waals surface area contributed by atoms with Gasteiger partial charge in [0, 0.05) is 0 Å². The van der Waals surface area contributed by atoms with E-state index in [2.05, 4.69) is 15.0 Å². The first-order valence-electron chi connectivity index (χ1n) is 5.32. The lowest BCUT2D eigenvalue weighted by atomic mass is 10.1. The molecule has 3 N–H and O–H groups in total. The molecule has 0 aliphatic carbocycles. The van der Waals surface area contributed by atoms with Crippen molar-refractivity contribution in [2.45, 2.75) is 38.2 Å². The van der Waals surface area contributed by atoms with E-state index in [0.29, 0.717) is 0 Å². The topological polar surface area (TPSA) is 76.7 Å². The molecule has 0 amide bonds. The third kappa shape index (κ3) is 4.10. The van der Waals surface area contributed by atoms with Crippen molar-refractivity contribution >= 4 is 11.9 Å². The number of nitrogen functional groups attached to an aromatic ring is 1. The number of halogens is 6. The maximum absolute atomic E-state index is 12.5. The van der Waals surface area contributed by atoms with Gasteiger partial charge in [-0.2, -0.15) is 41.3 Å². The number of hydrogen-bond acceptors (Lipinski definition) is 5. The lowest BCUT2D eigenvalue weighted by Crippen LogP contribution is -2.34. The van der Waals surface area contributed by atoms with Crippen LogP contribution in [0.5, 0.6) is 0 Å². The lowest BCUT2D eigenvalue weighted by Gasteiger charge is -2.19. The number of nitrogens with one attached hydrogen (secondary N) is 1. The summed E-state index contributed by atoms with van der Waals surface area (Å²) in [5.74, 6) is -4.08. The van der Waals surface area contributed by atoms with Crippen molar-refractivity contribution in [3.8, 4) is 0 Å². The number of aromatic nitrogens is 3. The smallest absolute Gasteiger partial charge is 0.368 e. The molecule has 2 atom stereocenters. The van der Waals surface area contributed by atoms with Gasteiger partial charge in [0.15, 0.2) is 0 Å². The molecular formula is C9H11F6N5. The monoisotopic (exact) mass is 303 g/mol. The molecule has 0 aromatic carbocycles. The van der Waals surface area contributed by atoms with Crippen LogP contribution >= 0.6 is 0 Å². The average Bonchev–Trinajstić information content (AvgIpc) is 2.24. The summed E-state index contributed by atoms with van der Waals surface area (Å²) in [4.78, 5) is 9.93. The predicted octanol–water partition coefficient (Wildman–Crippen LogP) is 2.48. The zero-order valence-electron chi connectivity index (χ0n) is 10.3. The molecule has 0 unspecified atom stereocenters. The summed E-state index contributed by atoms with van der Waals surface area (Å²) in [6, 6.07) is -2.04. The Hall–Kier alpha value is -1.81. The number of anilines is 2. The van der Waals surface area contributed by atoms with Crippen molar-refractivity contribution in [1.29, 1.82) is 0 Å².